The first kappa shape index (κ1) is 33.6. The normalized spacial score (nSPS) is 15.2. The van der Waals surface area contributed by atoms with Gasteiger partial charge in [-0.3, -0.25) is 0 Å². The molecule has 0 fully saturated rings. The molecular formula is C51H42S. The van der Waals surface area contributed by atoms with Crippen LogP contribution in [0.4, 0.5) is 0 Å². The topological polar surface area (TPSA) is 0 Å². The molecule has 0 aliphatic heterocycles. The molecule has 2 aliphatic carbocycles. The van der Waals surface area contributed by atoms with E-state index in [1.807, 2.05) is 26.0 Å². The summed E-state index contributed by atoms with van der Waals surface area (Å²) in [5, 5.41) is 7.43. The highest BCUT2D eigenvalue weighted by Gasteiger charge is 2.25. The molecule has 0 bridgehead atoms. The first-order chi connectivity index (χ1) is 25.5. The van der Waals surface area contributed by atoms with Gasteiger partial charge in [-0.25, -0.2) is 0 Å². The summed E-state index contributed by atoms with van der Waals surface area (Å²) in [6.07, 6.45) is 15.0. The van der Waals surface area contributed by atoms with Crippen molar-refractivity contribution in [1.29, 1.82) is 0 Å². The zero-order chi connectivity index (χ0) is 35.8. The molecule has 0 N–H and O–H groups in total. The Morgan fingerprint density at radius 2 is 0.981 bits per heavy atom. The van der Waals surface area contributed by atoms with E-state index in [0.717, 1.165) is 34.3 Å². The first-order valence-corrected chi connectivity index (χ1v) is 18.9. The van der Waals surface area contributed by atoms with Gasteiger partial charge >= 0.3 is 0 Å². The third-order valence-electron chi connectivity index (χ3n) is 10.7. The fourth-order valence-electron chi connectivity index (χ4n) is 8.21. The van der Waals surface area contributed by atoms with E-state index in [1.165, 1.54) is 71.4 Å². The zero-order valence-electron chi connectivity index (χ0n) is 30.3. The Balaban J connectivity index is 0.00000190. The molecule has 0 radical (unpaired) electrons. The molecule has 7 aromatic carbocycles. The van der Waals surface area contributed by atoms with Crippen LogP contribution in [-0.4, -0.2) is 0 Å². The van der Waals surface area contributed by atoms with E-state index in [0.29, 0.717) is 0 Å². The highest BCUT2D eigenvalue weighted by molar-refractivity contribution is 7.80. The second kappa shape index (κ2) is 13.9. The quantitative estimate of drug-likeness (QED) is 0.107. The number of hydrogen-bond donors (Lipinski definition) is 1. The number of thiol groups is 1. The average Bonchev–Trinajstić information content (AvgIpc) is 3.26. The standard InChI is InChI=1S/C49H36S.C2H6/c1-49(2)30-14-4-3-5-15-32-24-29-35(31-44(32)49)47-38-18-8-6-16-36(38)45(37-17-7-9-19-39(37)47)33-25-27-34(28-26-33)46-40-20-10-12-22-42(40)48(50)43-23-13-11-21-41(43)46;1-2/h3-10,12,14,16-29,31,50H,15,30H2,1-2H3;1-2H3/b5-3-,14-4-;. The number of allylic oxidation sites excluding steroid dienone is 4. The summed E-state index contributed by atoms with van der Waals surface area (Å²) in [7, 11) is 0. The van der Waals surface area contributed by atoms with Crippen molar-refractivity contribution < 1.29 is 0 Å². The predicted molar refractivity (Wildman–Crippen MR) is 229 cm³/mol. The number of fused-ring (bicyclic) bond motifs is 5. The first-order valence-electron chi connectivity index (χ1n) is 18.4. The van der Waals surface area contributed by atoms with Gasteiger partial charge in [0, 0.05) is 16.0 Å². The summed E-state index contributed by atoms with van der Waals surface area (Å²) in [5.74, 6) is 0. The maximum absolute atomic E-state index is 4.95. The molecule has 9 rings (SSSR count). The molecule has 0 saturated heterocycles. The lowest BCUT2D eigenvalue weighted by Crippen LogP contribution is -2.18. The van der Waals surface area contributed by atoms with Gasteiger partial charge < -0.3 is 0 Å². The van der Waals surface area contributed by atoms with Crippen molar-refractivity contribution in [2.45, 2.75) is 50.8 Å². The Bertz CT molecular complexity index is 2630. The second-order valence-electron chi connectivity index (χ2n) is 14.1. The molecule has 7 aromatic rings. The van der Waals surface area contributed by atoms with Crippen molar-refractivity contribution in [3.63, 3.8) is 0 Å². The zero-order valence-corrected chi connectivity index (χ0v) is 31.2. The van der Waals surface area contributed by atoms with Crippen molar-refractivity contribution >= 4 is 57.1 Å². The molecule has 2 aliphatic rings. The lowest BCUT2D eigenvalue weighted by atomic mass is 9.76. The van der Waals surface area contributed by atoms with Crippen LogP contribution in [0.25, 0.3) is 77.9 Å². The van der Waals surface area contributed by atoms with Gasteiger partial charge in [0.1, 0.15) is 0 Å². The Morgan fingerprint density at radius 1 is 0.519 bits per heavy atom. The largest absolute Gasteiger partial charge is 0.142 e. The van der Waals surface area contributed by atoms with E-state index in [1.54, 1.807) is 0 Å². The van der Waals surface area contributed by atoms with Gasteiger partial charge in [0.25, 0.3) is 0 Å². The minimum Gasteiger partial charge on any atom is -0.142 e. The van der Waals surface area contributed by atoms with Crippen LogP contribution in [0.5, 0.6) is 0 Å². The number of hydrogen-bond acceptors (Lipinski definition) is 1. The monoisotopic (exact) mass is 686 g/mol. The van der Waals surface area contributed by atoms with E-state index in [4.69, 9.17) is 12.6 Å². The maximum atomic E-state index is 4.95. The minimum atomic E-state index is 0.0290. The number of benzene rings is 7. The van der Waals surface area contributed by atoms with Gasteiger partial charge in [-0.05, 0) is 107 Å². The van der Waals surface area contributed by atoms with Crippen LogP contribution in [0.15, 0.2) is 156 Å². The van der Waals surface area contributed by atoms with Crippen LogP contribution < -0.4 is 0 Å². The molecule has 0 amide bonds. The fraction of sp³-hybridized carbons (Fsp3) is 0.137. The van der Waals surface area contributed by atoms with E-state index in [2.05, 4.69) is 165 Å². The van der Waals surface area contributed by atoms with Crippen molar-refractivity contribution in [2.24, 2.45) is 0 Å². The maximum Gasteiger partial charge on any atom is 0.0204 e. The summed E-state index contributed by atoms with van der Waals surface area (Å²) in [5.41, 5.74) is 18.9. The molecule has 0 heterocycles. The smallest absolute Gasteiger partial charge is 0.0204 e. The van der Waals surface area contributed by atoms with Crippen LogP contribution in [0.2, 0.25) is 0 Å². The molecule has 1 heteroatoms. The Kier molecular flexibility index (Phi) is 8.96. The van der Waals surface area contributed by atoms with Gasteiger partial charge in [-0.2, -0.15) is 0 Å². The van der Waals surface area contributed by atoms with E-state index >= 15 is 0 Å². The average molecular weight is 687 g/mol. The van der Waals surface area contributed by atoms with Crippen molar-refractivity contribution in [3.8, 4) is 33.4 Å². The SMILES string of the molecule is CC.CC1(C)C/C=C\C=C/Cc2ccc(-c3c4ccccc4c(-c4ccc(-c5c6c(c(S)c7ccccc57)C=C=C=C6)cc4)c4ccccc34)cc21. The molecule has 52 heavy (non-hydrogen) atoms. The molecule has 0 saturated carbocycles. The summed E-state index contributed by atoms with van der Waals surface area (Å²) in [6.45, 7) is 8.76. The van der Waals surface area contributed by atoms with Crippen molar-refractivity contribution in [3.05, 3.63) is 173 Å². The summed E-state index contributed by atoms with van der Waals surface area (Å²) in [6, 6.07) is 42.8. The highest BCUT2D eigenvalue weighted by atomic mass is 32.1. The summed E-state index contributed by atoms with van der Waals surface area (Å²) >= 11 is 4.95. The van der Waals surface area contributed by atoms with Gasteiger partial charge in [0.05, 0.1) is 0 Å². The van der Waals surface area contributed by atoms with E-state index in [-0.39, 0.29) is 5.41 Å². The molecule has 0 nitrogen and oxygen atoms in total. The van der Waals surface area contributed by atoms with Crippen LogP contribution in [0, 0.1) is 0 Å². The van der Waals surface area contributed by atoms with Crippen LogP contribution in [0.3, 0.4) is 0 Å². The predicted octanol–water partition coefficient (Wildman–Crippen LogP) is 14.6. The van der Waals surface area contributed by atoms with E-state index in [9.17, 15) is 0 Å². The summed E-state index contributed by atoms with van der Waals surface area (Å²) in [4.78, 5) is 0.983. The fourth-order valence-corrected chi connectivity index (χ4v) is 8.59. The Labute approximate surface area is 313 Å². The van der Waals surface area contributed by atoms with Gasteiger partial charge in [0.15, 0.2) is 0 Å². The molecule has 0 spiro atoms. The third-order valence-corrected chi connectivity index (χ3v) is 11.1. The van der Waals surface area contributed by atoms with Crippen molar-refractivity contribution in [2.75, 3.05) is 0 Å². The molecular weight excluding hydrogens is 645 g/mol. The van der Waals surface area contributed by atoms with Gasteiger partial charge in [-0.1, -0.05) is 179 Å². The number of rotatable bonds is 3. The third kappa shape index (κ3) is 5.69. The van der Waals surface area contributed by atoms with Crippen LogP contribution in [-0.2, 0) is 11.8 Å². The van der Waals surface area contributed by atoms with Crippen LogP contribution in [0.1, 0.15) is 56.4 Å². The highest BCUT2D eigenvalue weighted by Crippen LogP contribution is 2.46. The molecule has 0 atom stereocenters. The van der Waals surface area contributed by atoms with E-state index < -0.39 is 0 Å². The van der Waals surface area contributed by atoms with Gasteiger partial charge in [-0.15, -0.1) is 12.6 Å². The lowest BCUT2D eigenvalue weighted by Gasteiger charge is -2.28. The molecule has 0 unspecified atom stereocenters. The Hall–Kier alpha value is -5.55. The van der Waals surface area contributed by atoms with Crippen molar-refractivity contribution in [1.82, 2.24) is 0 Å². The van der Waals surface area contributed by atoms with Gasteiger partial charge in [0.2, 0.25) is 0 Å². The minimum absolute atomic E-state index is 0.0290. The Morgan fingerprint density at radius 3 is 1.58 bits per heavy atom. The van der Waals surface area contributed by atoms with Crippen LogP contribution >= 0.6 is 12.6 Å². The lowest BCUT2D eigenvalue weighted by molar-refractivity contribution is 0.530. The molecule has 0 aromatic heterocycles. The summed E-state index contributed by atoms with van der Waals surface area (Å²) < 4.78 is 0. The molecule has 252 valence electrons. The second-order valence-corrected chi connectivity index (χ2v) is 14.6.